The van der Waals surface area contributed by atoms with Gasteiger partial charge in [0.2, 0.25) is 0 Å². The van der Waals surface area contributed by atoms with Crippen molar-refractivity contribution in [3.8, 4) is 0 Å². The molecule has 0 saturated carbocycles. The predicted octanol–water partition coefficient (Wildman–Crippen LogP) is 3.70. The summed E-state index contributed by atoms with van der Waals surface area (Å²) in [6.45, 7) is 6.79. The van der Waals surface area contributed by atoms with Crippen molar-refractivity contribution in [2.75, 3.05) is 13.1 Å². The van der Waals surface area contributed by atoms with Gasteiger partial charge in [0.15, 0.2) is 0 Å². The average molecular weight is 281 g/mol. The molecule has 1 saturated heterocycles. The minimum atomic E-state index is -0.208. The number of thiophene rings is 1. The van der Waals surface area contributed by atoms with Crippen LogP contribution in [-0.4, -0.2) is 34.7 Å². The fourth-order valence-corrected chi connectivity index (χ4v) is 4.25. The zero-order valence-electron chi connectivity index (χ0n) is 12.3. The van der Waals surface area contributed by atoms with Crippen LogP contribution in [-0.2, 0) is 6.42 Å². The molecule has 0 spiro atoms. The second-order valence-corrected chi connectivity index (χ2v) is 6.47. The molecular weight excluding hydrogens is 254 g/mol. The Morgan fingerprint density at radius 2 is 2.00 bits per heavy atom. The highest BCUT2D eigenvalue weighted by atomic mass is 32.1. The zero-order chi connectivity index (χ0) is 13.7. The van der Waals surface area contributed by atoms with Crippen LogP contribution in [0.3, 0.4) is 0 Å². The maximum Gasteiger partial charge on any atom is 0.0726 e. The van der Waals surface area contributed by atoms with Crippen molar-refractivity contribution in [1.82, 2.24) is 4.90 Å². The number of likely N-dealkylation sites (tertiary alicyclic amines) is 1. The maximum atomic E-state index is 10.8. The van der Waals surface area contributed by atoms with Gasteiger partial charge in [-0.3, -0.25) is 4.90 Å². The smallest absolute Gasteiger partial charge is 0.0726 e. The van der Waals surface area contributed by atoms with Crippen molar-refractivity contribution >= 4 is 11.3 Å². The SMILES string of the molecule is CCC(CC)(C(O)CCc1ccsc1)N1CCCC1. The molecule has 1 N–H and O–H groups in total. The van der Waals surface area contributed by atoms with E-state index in [-0.39, 0.29) is 11.6 Å². The van der Waals surface area contributed by atoms with Crippen molar-refractivity contribution in [1.29, 1.82) is 0 Å². The van der Waals surface area contributed by atoms with E-state index in [0.29, 0.717) is 0 Å². The number of aryl methyl sites for hydroxylation is 1. The van der Waals surface area contributed by atoms with E-state index in [2.05, 4.69) is 35.6 Å². The molecule has 0 aromatic carbocycles. The first-order valence-electron chi connectivity index (χ1n) is 7.67. The van der Waals surface area contributed by atoms with E-state index < -0.39 is 0 Å². The number of hydrogen-bond acceptors (Lipinski definition) is 3. The second kappa shape index (κ2) is 6.87. The summed E-state index contributed by atoms with van der Waals surface area (Å²) in [5.41, 5.74) is 1.37. The number of rotatable bonds is 7. The lowest BCUT2D eigenvalue weighted by Crippen LogP contribution is -2.55. The van der Waals surface area contributed by atoms with Crippen LogP contribution in [0.15, 0.2) is 16.8 Å². The van der Waals surface area contributed by atoms with Crippen LogP contribution in [0.1, 0.15) is 51.5 Å². The van der Waals surface area contributed by atoms with Crippen molar-refractivity contribution in [3.63, 3.8) is 0 Å². The minimum absolute atomic E-state index is 0.00647. The third-order valence-electron chi connectivity index (χ3n) is 4.87. The third kappa shape index (κ3) is 3.21. The van der Waals surface area contributed by atoms with Gasteiger partial charge in [0, 0.05) is 5.54 Å². The molecule has 2 heterocycles. The molecule has 0 aliphatic carbocycles. The van der Waals surface area contributed by atoms with Crippen molar-refractivity contribution in [2.24, 2.45) is 0 Å². The predicted molar refractivity (Wildman–Crippen MR) is 82.8 cm³/mol. The Labute approximate surface area is 121 Å². The molecule has 1 fully saturated rings. The molecule has 0 radical (unpaired) electrons. The van der Waals surface area contributed by atoms with E-state index in [1.807, 2.05) is 0 Å². The monoisotopic (exact) mass is 281 g/mol. The van der Waals surface area contributed by atoms with Gasteiger partial charge >= 0.3 is 0 Å². The molecular formula is C16H27NOS. The van der Waals surface area contributed by atoms with Gasteiger partial charge in [-0.15, -0.1) is 0 Å². The lowest BCUT2D eigenvalue weighted by atomic mass is 9.82. The van der Waals surface area contributed by atoms with Crippen LogP contribution in [0.5, 0.6) is 0 Å². The largest absolute Gasteiger partial charge is 0.391 e. The Kier molecular flexibility index (Phi) is 5.43. The summed E-state index contributed by atoms with van der Waals surface area (Å²) in [4.78, 5) is 2.55. The lowest BCUT2D eigenvalue weighted by molar-refractivity contribution is -0.0313. The third-order valence-corrected chi connectivity index (χ3v) is 5.60. The summed E-state index contributed by atoms with van der Waals surface area (Å²) >= 11 is 1.74. The molecule has 1 atom stereocenters. The van der Waals surface area contributed by atoms with Gasteiger partial charge in [-0.05, 0) is 74.0 Å². The fraction of sp³-hybridized carbons (Fsp3) is 0.750. The van der Waals surface area contributed by atoms with Gasteiger partial charge in [0.05, 0.1) is 6.10 Å². The molecule has 0 bridgehead atoms. The van der Waals surface area contributed by atoms with Gasteiger partial charge in [-0.2, -0.15) is 11.3 Å². The van der Waals surface area contributed by atoms with Gasteiger partial charge in [0.1, 0.15) is 0 Å². The molecule has 1 aliphatic heterocycles. The van der Waals surface area contributed by atoms with Crippen LogP contribution in [0, 0.1) is 0 Å². The molecule has 1 aromatic rings. The quantitative estimate of drug-likeness (QED) is 0.824. The molecule has 0 amide bonds. The lowest BCUT2D eigenvalue weighted by Gasteiger charge is -2.44. The normalized spacial score (nSPS) is 18.9. The molecule has 2 rings (SSSR count). The summed E-state index contributed by atoms with van der Waals surface area (Å²) in [5, 5.41) is 15.1. The van der Waals surface area contributed by atoms with E-state index in [0.717, 1.165) is 38.8 Å². The summed E-state index contributed by atoms with van der Waals surface area (Å²) in [6.07, 6.45) is 6.36. The topological polar surface area (TPSA) is 23.5 Å². The van der Waals surface area contributed by atoms with Gasteiger partial charge in [0.25, 0.3) is 0 Å². The Hall–Kier alpha value is -0.380. The van der Waals surface area contributed by atoms with Crippen LogP contribution in [0.4, 0.5) is 0 Å². The first kappa shape index (κ1) is 15.0. The van der Waals surface area contributed by atoms with Crippen molar-refractivity contribution in [2.45, 2.75) is 64.0 Å². The summed E-state index contributed by atoms with van der Waals surface area (Å²) in [6, 6.07) is 2.17. The van der Waals surface area contributed by atoms with E-state index in [4.69, 9.17) is 0 Å². The Morgan fingerprint density at radius 3 is 2.53 bits per heavy atom. The summed E-state index contributed by atoms with van der Waals surface area (Å²) < 4.78 is 0. The Balaban J connectivity index is 2.00. The molecule has 2 nitrogen and oxygen atoms in total. The standard InChI is InChI=1S/C16H27NOS/c1-3-16(4-2,17-10-5-6-11-17)15(18)8-7-14-9-12-19-13-14/h9,12-13,15,18H,3-8,10-11H2,1-2H3. The first-order chi connectivity index (χ1) is 9.23. The minimum Gasteiger partial charge on any atom is -0.391 e. The Morgan fingerprint density at radius 1 is 1.32 bits per heavy atom. The Bertz CT molecular complexity index is 353. The maximum absolute atomic E-state index is 10.8. The first-order valence-corrected chi connectivity index (χ1v) is 8.61. The zero-order valence-corrected chi connectivity index (χ0v) is 13.1. The fourth-order valence-electron chi connectivity index (χ4n) is 3.55. The van der Waals surface area contributed by atoms with E-state index in [1.54, 1.807) is 11.3 Å². The van der Waals surface area contributed by atoms with Gasteiger partial charge in [-0.1, -0.05) is 13.8 Å². The van der Waals surface area contributed by atoms with E-state index >= 15 is 0 Å². The number of nitrogens with zero attached hydrogens (tertiary/aromatic N) is 1. The molecule has 1 unspecified atom stereocenters. The van der Waals surface area contributed by atoms with E-state index in [1.165, 1.54) is 18.4 Å². The van der Waals surface area contributed by atoms with E-state index in [9.17, 15) is 5.11 Å². The molecule has 3 heteroatoms. The number of hydrogen-bond donors (Lipinski definition) is 1. The number of aliphatic hydroxyl groups excluding tert-OH is 1. The summed E-state index contributed by atoms with van der Waals surface area (Å²) in [7, 11) is 0. The highest BCUT2D eigenvalue weighted by molar-refractivity contribution is 7.07. The number of aliphatic hydroxyl groups is 1. The van der Waals surface area contributed by atoms with Crippen molar-refractivity contribution in [3.05, 3.63) is 22.4 Å². The van der Waals surface area contributed by atoms with Crippen molar-refractivity contribution < 1.29 is 5.11 Å². The average Bonchev–Trinajstić information content (AvgIpc) is 3.12. The van der Waals surface area contributed by atoms with Crippen LogP contribution in [0.2, 0.25) is 0 Å². The van der Waals surface area contributed by atoms with Crippen LogP contribution < -0.4 is 0 Å². The molecule has 1 aliphatic rings. The summed E-state index contributed by atoms with van der Waals surface area (Å²) in [5.74, 6) is 0. The highest BCUT2D eigenvalue weighted by Gasteiger charge is 2.40. The van der Waals surface area contributed by atoms with Crippen LogP contribution >= 0.6 is 11.3 Å². The second-order valence-electron chi connectivity index (χ2n) is 5.69. The highest BCUT2D eigenvalue weighted by Crippen LogP contribution is 2.33. The molecule has 1 aromatic heterocycles. The van der Waals surface area contributed by atoms with Gasteiger partial charge in [-0.25, -0.2) is 0 Å². The molecule has 19 heavy (non-hydrogen) atoms. The van der Waals surface area contributed by atoms with Crippen LogP contribution in [0.25, 0.3) is 0 Å². The molecule has 108 valence electrons. The van der Waals surface area contributed by atoms with Gasteiger partial charge < -0.3 is 5.11 Å².